The van der Waals surface area contributed by atoms with Crippen LogP contribution in [0, 0.1) is 5.92 Å². The van der Waals surface area contributed by atoms with Crippen molar-refractivity contribution < 1.29 is 14.4 Å². The number of carbonyl (C=O) groups excluding carboxylic acids is 3. The molecule has 7 nitrogen and oxygen atoms in total. The van der Waals surface area contributed by atoms with Crippen molar-refractivity contribution in [2.24, 2.45) is 5.92 Å². The van der Waals surface area contributed by atoms with E-state index in [4.69, 9.17) is 0 Å². The summed E-state index contributed by atoms with van der Waals surface area (Å²) in [5.41, 5.74) is -0.764. The second-order valence-electron chi connectivity index (χ2n) is 6.72. The summed E-state index contributed by atoms with van der Waals surface area (Å²) in [5, 5.41) is 2.67. The third kappa shape index (κ3) is 2.86. The van der Waals surface area contributed by atoms with Crippen molar-refractivity contribution in [3.63, 3.8) is 0 Å². The normalized spacial score (nSPS) is 25.1. The van der Waals surface area contributed by atoms with Crippen molar-refractivity contribution in [1.82, 2.24) is 20.1 Å². The molecule has 2 saturated heterocycles. The number of nitrogens with zero attached hydrogens (tertiary/aromatic N) is 3. The minimum atomic E-state index is -1.23. The average molecular weight is 330 g/mol. The van der Waals surface area contributed by atoms with E-state index in [1.165, 1.54) is 0 Å². The molecule has 0 unspecified atom stereocenters. The summed E-state index contributed by atoms with van der Waals surface area (Å²) in [6, 6.07) is 4.64. The van der Waals surface area contributed by atoms with Gasteiger partial charge in [-0.3, -0.25) is 19.5 Å². The van der Waals surface area contributed by atoms with Crippen molar-refractivity contribution in [3.05, 3.63) is 30.1 Å². The average Bonchev–Trinajstić information content (AvgIpc) is 2.80. The Labute approximate surface area is 141 Å². The maximum Gasteiger partial charge on any atom is 0.325 e. The molecule has 0 radical (unpaired) electrons. The van der Waals surface area contributed by atoms with Crippen molar-refractivity contribution >= 4 is 17.8 Å². The highest BCUT2D eigenvalue weighted by Gasteiger charge is 2.50. The summed E-state index contributed by atoms with van der Waals surface area (Å²) in [5.74, 6) is -0.0150. The highest BCUT2D eigenvalue weighted by Crippen LogP contribution is 2.27. The SMILES string of the molecule is CC1CCN(C(=O)CN2C(=O)N[C@](C)(c3ccccn3)C2=O)CC1. The van der Waals surface area contributed by atoms with Gasteiger partial charge in [0, 0.05) is 19.3 Å². The number of pyridine rings is 1. The first kappa shape index (κ1) is 16.4. The van der Waals surface area contributed by atoms with Gasteiger partial charge in [0.15, 0.2) is 5.54 Å². The van der Waals surface area contributed by atoms with Crippen molar-refractivity contribution in [1.29, 1.82) is 0 Å². The molecule has 1 N–H and O–H groups in total. The van der Waals surface area contributed by atoms with Gasteiger partial charge in [-0.15, -0.1) is 0 Å². The molecule has 3 rings (SSSR count). The Morgan fingerprint density at radius 3 is 2.67 bits per heavy atom. The van der Waals surface area contributed by atoms with Gasteiger partial charge in [0.25, 0.3) is 5.91 Å². The lowest BCUT2D eigenvalue weighted by molar-refractivity contribution is -0.139. The molecule has 7 heteroatoms. The molecule has 4 amide bonds. The molecule has 1 atom stereocenters. The lowest BCUT2D eigenvalue weighted by atomic mass is 9.97. The third-order valence-corrected chi connectivity index (χ3v) is 4.88. The number of nitrogens with one attached hydrogen (secondary N) is 1. The van der Waals surface area contributed by atoms with Crippen LogP contribution in [0.5, 0.6) is 0 Å². The Bertz CT molecular complexity index is 655. The van der Waals surface area contributed by atoms with Crippen LogP contribution in [0.3, 0.4) is 0 Å². The molecule has 2 fully saturated rings. The number of hydrogen-bond donors (Lipinski definition) is 1. The van der Waals surface area contributed by atoms with Gasteiger partial charge in [0.2, 0.25) is 5.91 Å². The van der Waals surface area contributed by atoms with Gasteiger partial charge in [-0.1, -0.05) is 13.0 Å². The maximum atomic E-state index is 12.7. The molecule has 2 aliphatic rings. The number of hydrogen-bond acceptors (Lipinski definition) is 4. The highest BCUT2D eigenvalue weighted by molar-refractivity contribution is 6.08. The molecule has 0 aliphatic carbocycles. The number of urea groups is 1. The van der Waals surface area contributed by atoms with Gasteiger partial charge in [-0.25, -0.2) is 4.79 Å². The lowest BCUT2D eigenvalue weighted by Gasteiger charge is -2.31. The Balaban J connectivity index is 1.72. The maximum absolute atomic E-state index is 12.7. The van der Waals surface area contributed by atoms with Crippen LogP contribution in [-0.4, -0.2) is 52.3 Å². The third-order valence-electron chi connectivity index (χ3n) is 4.88. The monoisotopic (exact) mass is 330 g/mol. The number of imide groups is 1. The van der Waals surface area contributed by atoms with Gasteiger partial charge in [0.1, 0.15) is 6.54 Å². The van der Waals surface area contributed by atoms with E-state index in [2.05, 4.69) is 17.2 Å². The number of likely N-dealkylation sites (tertiary alicyclic amines) is 1. The molecule has 0 bridgehead atoms. The molecule has 0 spiro atoms. The van der Waals surface area contributed by atoms with Gasteiger partial charge in [0.05, 0.1) is 5.69 Å². The van der Waals surface area contributed by atoms with Crippen LogP contribution in [0.1, 0.15) is 32.4 Å². The first-order valence-electron chi connectivity index (χ1n) is 8.25. The predicted octanol–water partition coefficient (Wildman–Crippen LogP) is 1.11. The van der Waals surface area contributed by atoms with Gasteiger partial charge in [-0.2, -0.15) is 0 Å². The van der Waals surface area contributed by atoms with E-state index in [1.54, 1.807) is 36.2 Å². The number of carbonyl (C=O) groups is 3. The van der Waals surface area contributed by atoms with E-state index in [0.717, 1.165) is 17.7 Å². The lowest BCUT2D eigenvalue weighted by Crippen LogP contribution is -2.46. The van der Waals surface area contributed by atoms with Crippen LogP contribution in [-0.2, 0) is 15.1 Å². The van der Waals surface area contributed by atoms with E-state index < -0.39 is 17.5 Å². The largest absolute Gasteiger partial charge is 0.341 e. The fourth-order valence-corrected chi connectivity index (χ4v) is 3.17. The molecule has 3 heterocycles. The molecule has 1 aromatic rings. The van der Waals surface area contributed by atoms with Crippen LogP contribution in [0.4, 0.5) is 4.79 Å². The topological polar surface area (TPSA) is 82.6 Å². The predicted molar refractivity (Wildman–Crippen MR) is 86.8 cm³/mol. The molecular formula is C17H22N4O3. The minimum absolute atomic E-state index is 0.185. The molecule has 24 heavy (non-hydrogen) atoms. The summed E-state index contributed by atoms with van der Waals surface area (Å²) < 4.78 is 0. The van der Waals surface area contributed by atoms with E-state index >= 15 is 0 Å². The Morgan fingerprint density at radius 2 is 2.04 bits per heavy atom. The summed E-state index contributed by atoms with van der Waals surface area (Å²) in [6.45, 7) is 4.92. The van der Waals surface area contributed by atoms with Crippen molar-refractivity contribution in [2.45, 2.75) is 32.2 Å². The molecule has 128 valence electrons. The van der Waals surface area contributed by atoms with E-state index in [9.17, 15) is 14.4 Å². The Kier molecular flexibility index (Phi) is 4.26. The minimum Gasteiger partial charge on any atom is -0.341 e. The number of amides is 4. The number of aromatic nitrogens is 1. The standard InChI is InChI=1S/C17H22N4O3/c1-12-6-9-20(10-7-12)14(22)11-21-15(23)17(2,19-16(21)24)13-5-3-4-8-18-13/h3-5,8,12H,6-7,9-11H2,1-2H3,(H,19,24)/t17-/m1/s1. The fraction of sp³-hybridized carbons (Fsp3) is 0.529. The first-order chi connectivity index (χ1) is 11.4. The summed E-state index contributed by atoms with van der Waals surface area (Å²) >= 11 is 0. The van der Waals surface area contributed by atoms with Crippen molar-refractivity contribution in [3.8, 4) is 0 Å². The summed E-state index contributed by atoms with van der Waals surface area (Å²) in [7, 11) is 0. The van der Waals surface area contributed by atoms with Gasteiger partial charge >= 0.3 is 6.03 Å². The van der Waals surface area contributed by atoms with Crippen LogP contribution in [0.15, 0.2) is 24.4 Å². The van der Waals surface area contributed by atoms with E-state index in [0.29, 0.717) is 24.7 Å². The molecular weight excluding hydrogens is 308 g/mol. The summed E-state index contributed by atoms with van der Waals surface area (Å²) in [4.78, 5) is 44.3. The van der Waals surface area contributed by atoms with E-state index in [-0.39, 0.29) is 12.5 Å². The zero-order valence-corrected chi connectivity index (χ0v) is 14.0. The second-order valence-corrected chi connectivity index (χ2v) is 6.72. The van der Waals surface area contributed by atoms with Crippen LogP contribution in [0.25, 0.3) is 0 Å². The number of rotatable bonds is 3. The van der Waals surface area contributed by atoms with Crippen LogP contribution >= 0.6 is 0 Å². The van der Waals surface area contributed by atoms with Crippen molar-refractivity contribution in [2.75, 3.05) is 19.6 Å². The Morgan fingerprint density at radius 1 is 1.33 bits per heavy atom. The Hall–Kier alpha value is -2.44. The van der Waals surface area contributed by atoms with Crippen LogP contribution < -0.4 is 5.32 Å². The summed E-state index contributed by atoms with van der Waals surface area (Å²) in [6.07, 6.45) is 3.48. The number of piperidine rings is 1. The van der Waals surface area contributed by atoms with Gasteiger partial charge in [-0.05, 0) is 37.8 Å². The molecule has 0 saturated carbocycles. The first-order valence-corrected chi connectivity index (χ1v) is 8.25. The zero-order chi connectivity index (χ0) is 17.3. The fourth-order valence-electron chi connectivity index (χ4n) is 3.17. The van der Waals surface area contributed by atoms with Gasteiger partial charge < -0.3 is 10.2 Å². The molecule has 2 aliphatic heterocycles. The quantitative estimate of drug-likeness (QED) is 0.842. The van der Waals surface area contributed by atoms with Crippen LogP contribution in [0.2, 0.25) is 0 Å². The highest BCUT2D eigenvalue weighted by atomic mass is 16.2. The molecule has 1 aromatic heterocycles. The van der Waals surface area contributed by atoms with E-state index in [1.807, 2.05) is 0 Å². The second kappa shape index (κ2) is 6.22. The zero-order valence-electron chi connectivity index (χ0n) is 14.0. The molecule has 0 aromatic carbocycles. The smallest absolute Gasteiger partial charge is 0.325 e.